The van der Waals surface area contributed by atoms with Gasteiger partial charge in [0.1, 0.15) is 18.1 Å². The van der Waals surface area contributed by atoms with Gasteiger partial charge in [-0.1, -0.05) is 23.7 Å². The monoisotopic (exact) mass is 396 g/mol. The highest BCUT2D eigenvalue weighted by molar-refractivity contribution is 7.11. The van der Waals surface area contributed by atoms with Gasteiger partial charge in [0.25, 0.3) is 0 Å². The van der Waals surface area contributed by atoms with Gasteiger partial charge in [-0.3, -0.25) is 4.79 Å². The molecule has 0 saturated carbocycles. The maximum atomic E-state index is 12.7. The second-order valence-corrected chi connectivity index (χ2v) is 7.77. The molecule has 3 aromatic rings. The Kier molecular flexibility index (Phi) is 4.77. The molecule has 0 fully saturated rings. The van der Waals surface area contributed by atoms with Gasteiger partial charge in [0.05, 0.1) is 5.56 Å². The van der Waals surface area contributed by atoms with E-state index in [0.717, 1.165) is 21.6 Å². The molecule has 1 aliphatic rings. The molecule has 0 radical (unpaired) electrons. The molecule has 2 aromatic carbocycles. The fourth-order valence-corrected chi connectivity index (χ4v) is 3.89. The highest BCUT2D eigenvalue weighted by atomic mass is 35.5. The molecule has 5 heteroatoms. The Bertz CT molecular complexity index is 1050. The van der Waals surface area contributed by atoms with E-state index in [2.05, 4.69) is 0 Å². The molecule has 0 atom stereocenters. The number of fused-ring (bicyclic) bond motifs is 1. The van der Waals surface area contributed by atoms with Crippen molar-refractivity contribution in [2.24, 2.45) is 0 Å². The van der Waals surface area contributed by atoms with E-state index in [-0.39, 0.29) is 5.78 Å². The van der Waals surface area contributed by atoms with Crippen molar-refractivity contribution in [1.29, 1.82) is 0 Å². The van der Waals surface area contributed by atoms with Gasteiger partial charge in [-0.15, -0.1) is 11.3 Å². The SMILES string of the molecule is Cc1ccsc1/C=C1\Oc2c(ccc(OCc3ccc(Cl)cc3)c2C)C1=O. The summed E-state index contributed by atoms with van der Waals surface area (Å²) in [6.45, 7) is 4.34. The van der Waals surface area contributed by atoms with Crippen molar-refractivity contribution in [3.63, 3.8) is 0 Å². The largest absolute Gasteiger partial charge is 0.488 e. The molecule has 0 saturated heterocycles. The van der Waals surface area contributed by atoms with Gasteiger partial charge >= 0.3 is 0 Å². The summed E-state index contributed by atoms with van der Waals surface area (Å²) < 4.78 is 11.8. The van der Waals surface area contributed by atoms with Crippen LogP contribution in [0.1, 0.15) is 31.9 Å². The number of benzene rings is 2. The third-order valence-corrected chi connectivity index (χ3v) is 5.73. The van der Waals surface area contributed by atoms with Gasteiger partial charge in [-0.25, -0.2) is 0 Å². The minimum atomic E-state index is -0.0925. The van der Waals surface area contributed by atoms with Crippen LogP contribution in [0.25, 0.3) is 6.08 Å². The maximum absolute atomic E-state index is 12.7. The average molecular weight is 397 g/mol. The number of aryl methyl sites for hydroxylation is 1. The first-order valence-electron chi connectivity index (χ1n) is 8.52. The number of halogens is 1. The quantitative estimate of drug-likeness (QED) is 0.491. The summed E-state index contributed by atoms with van der Waals surface area (Å²) in [6, 6.07) is 13.1. The number of carbonyl (C=O) groups excluding carboxylic acids is 1. The lowest BCUT2D eigenvalue weighted by atomic mass is 10.1. The van der Waals surface area contributed by atoms with Crippen molar-refractivity contribution in [1.82, 2.24) is 0 Å². The Balaban J connectivity index is 1.57. The zero-order valence-electron chi connectivity index (χ0n) is 14.9. The number of ketones is 1. The molecule has 1 aliphatic heterocycles. The van der Waals surface area contributed by atoms with Crippen LogP contribution in [-0.2, 0) is 6.61 Å². The third-order valence-electron chi connectivity index (χ3n) is 4.51. The van der Waals surface area contributed by atoms with Crippen LogP contribution in [0.3, 0.4) is 0 Å². The zero-order valence-corrected chi connectivity index (χ0v) is 16.5. The summed E-state index contributed by atoms with van der Waals surface area (Å²) in [5.41, 5.74) is 3.54. The maximum Gasteiger partial charge on any atom is 0.232 e. The Morgan fingerprint density at radius 3 is 2.59 bits per heavy atom. The predicted molar refractivity (Wildman–Crippen MR) is 109 cm³/mol. The average Bonchev–Trinajstić information content (AvgIpc) is 3.21. The van der Waals surface area contributed by atoms with Gasteiger partial charge < -0.3 is 9.47 Å². The second kappa shape index (κ2) is 7.22. The number of thiophene rings is 1. The number of rotatable bonds is 4. The Hall–Kier alpha value is -2.56. The van der Waals surface area contributed by atoms with Crippen LogP contribution in [0.2, 0.25) is 5.02 Å². The van der Waals surface area contributed by atoms with Crippen LogP contribution in [-0.4, -0.2) is 5.78 Å². The first-order chi connectivity index (χ1) is 13.0. The second-order valence-electron chi connectivity index (χ2n) is 6.39. The Morgan fingerprint density at radius 2 is 1.89 bits per heavy atom. The van der Waals surface area contributed by atoms with Crippen LogP contribution in [0.4, 0.5) is 0 Å². The number of Topliss-reactive ketones (excluding diaryl/α,β-unsaturated/α-hetero) is 1. The molecule has 0 amide bonds. The van der Waals surface area contributed by atoms with Gasteiger partial charge in [0.2, 0.25) is 5.78 Å². The lowest BCUT2D eigenvalue weighted by Gasteiger charge is -2.11. The first kappa shape index (κ1) is 17.8. The summed E-state index contributed by atoms with van der Waals surface area (Å²) in [5, 5.41) is 2.70. The fourth-order valence-electron chi connectivity index (χ4n) is 2.92. The Labute approximate surface area is 166 Å². The van der Waals surface area contributed by atoms with Crippen LogP contribution >= 0.6 is 22.9 Å². The minimum Gasteiger partial charge on any atom is -0.488 e. The minimum absolute atomic E-state index is 0.0925. The third kappa shape index (κ3) is 3.51. The van der Waals surface area contributed by atoms with Crippen molar-refractivity contribution in [2.75, 3.05) is 0 Å². The van der Waals surface area contributed by atoms with Crippen molar-refractivity contribution in [2.45, 2.75) is 20.5 Å². The predicted octanol–water partition coefficient (Wildman–Crippen LogP) is 6.21. The number of carbonyl (C=O) groups is 1. The molecule has 0 bridgehead atoms. The zero-order chi connectivity index (χ0) is 19.0. The molecular formula is C22H17ClO3S. The molecule has 1 aromatic heterocycles. The summed E-state index contributed by atoms with van der Waals surface area (Å²) in [7, 11) is 0. The van der Waals surface area contributed by atoms with E-state index in [1.165, 1.54) is 0 Å². The molecule has 2 heterocycles. The van der Waals surface area contributed by atoms with E-state index in [0.29, 0.717) is 34.5 Å². The van der Waals surface area contributed by atoms with Crippen LogP contribution < -0.4 is 9.47 Å². The van der Waals surface area contributed by atoms with Crippen LogP contribution in [0.5, 0.6) is 11.5 Å². The lowest BCUT2D eigenvalue weighted by molar-refractivity contribution is 0.101. The topological polar surface area (TPSA) is 35.5 Å². The van der Waals surface area contributed by atoms with E-state index in [1.54, 1.807) is 17.4 Å². The number of ether oxygens (including phenoxy) is 2. The first-order valence-corrected chi connectivity index (χ1v) is 9.78. The number of hydrogen-bond donors (Lipinski definition) is 0. The molecule has 0 spiro atoms. The van der Waals surface area contributed by atoms with Crippen molar-refractivity contribution in [3.05, 3.63) is 85.8 Å². The smallest absolute Gasteiger partial charge is 0.232 e. The molecule has 0 aliphatic carbocycles. The summed E-state index contributed by atoms with van der Waals surface area (Å²) in [5.74, 6) is 1.54. The Morgan fingerprint density at radius 1 is 1.11 bits per heavy atom. The van der Waals surface area contributed by atoms with Crippen molar-refractivity contribution < 1.29 is 14.3 Å². The van der Waals surface area contributed by atoms with E-state index >= 15 is 0 Å². The number of allylic oxidation sites excluding steroid dienone is 1. The molecule has 136 valence electrons. The van der Waals surface area contributed by atoms with E-state index in [1.807, 2.05) is 61.7 Å². The molecule has 3 nitrogen and oxygen atoms in total. The van der Waals surface area contributed by atoms with Gasteiger partial charge in [-0.05, 0) is 60.7 Å². The van der Waals surface area contributed by atoms with E-state index in [9.17, 15) is 4.79 Å². The normalized spacial score (nSPS) is 14.3. The molecule has 27 heavy (non-hydrogen) atoms. The lowest BCUT2D eigenvalue weighted by Crippen LogP contribution is -1.98. The summed E-state index contributed by atoms with van der Waals surface area (Å²) >= 11 is 7.50. The fraction of sp³-hybridized carbons (Fsp3) is 0.136. The molecular weight excluding hydrogens is 380 g/mol. The van der Waals surface area contributed by atoms with E-state index in [4.69, 9.17) is 21.1 Å². The molecule has 0 N–H and O–H groups in total. The van der Waals surface area contributed by atoms with Crippen molar-refractivity contribution >= 4 is 34.8 Å². The van der Waals surface area contributed by atoms with Crippen molar-refractivity contribution in [3.8, 4) is 11.5 Å². The highest BCUT2D eigenvalue weighted by Gasteiger charge is 2.30. The van der Waals surface area contributed by atoms with Gasteiger partial charge in [0, 0.05) is 21.5 Å². The standard InChI is InChI=1S/C22H17ClO3S/c1-13-9-10-27-20(13)11-19-21(24)17-7-8-18(14(2)22(17)26-19)25-12-15-3-5-16(23)6-4-15/h3-11H,12H2,1-2H3/b19-11-. The molecule has 4 rings (SSSR count). The highest BCUT2D eigenvalue weighted by Crippen LogP contribution is 2.39. The summed E-state index contributed by atoms with van der Waals surface area (Å²) in [6.07, 6.45) is 1.82. The van der Waals surface area contributed by atoms with Crippen LogP contribution in [0.15, 0.2) is 53.6 Å². The van der Waals surface area contributed by atoms with Gasteiger partial charge in [0.15, 0.2) is 5.76 Å². The number of hydrogen-bond acceptors (Lipinski definition) is 4. The van der Waals surface area contributed by atoms with Gasteiger partial charge in [-0.2, -0.15) is 0 Å². The van der Waals surface area contributed by atoms with E-state index < -0.39 is 0 Å². The van der Waals surface area contributed by atoms with Crippen LogP contribution in [0, 0.1) is 13.8 Å². The summed E-state index contributed by atoms with van der Waals surface area (Å²) in [4.78, 5) is 13.7. The molecule has 0 unspecified atom stereocenters.